The topological polar surface area (TPSA) is 55.1 Å². The van der Waals surface area contributed by atoms with Crippen LogP contribution in [-0.4, -0.2) is 15.7 Å². The predicted molar refractivity (Wildman–Crippen MR) is 69.0 cm³/mol. The summed E-state index contributed by atoms with van der Waals surface area (Å²) in [5.74, 6) is 0.633. The Bertz CT molecular complexity index is 492. The van der Waals surface area contributed by atoms with Crippen LogP contribution in [0.2, 0.25) is 0 Å². The van der Waals surface area contributed by atoms with E-state index in [1.165, 1.54) is 6.39 Å². The van der Waals surface area contributed by atoms with Gasteiger partial charge in [0, 0.05) is 11.3 Å². The van der Waals surface area contributed by atoms with Gasteiger partial charge in [-0.3, -0.25) is 4.79 Å². The molecule has 0 radical (unpaired) electrons. The normalized spacial score (nSPS) is 12.1. The number of carbonyl (C=O) groups excluding carboxylic acids is 1. The van der Waals surface area contributed by atoms with Crippen molar-refractivity contribution in [3.63, 3.8) is 0 Å². The van der Waals surface area contributed by atoms with Gasteiger partial charge in [0.2, 0.25) is 5.91 Å². The van der Waals surface area contributed by atoms with Gasteiger partial charge in [-0.2, -0.15) is 0 Å². The quantitative estimate of drug-likeness (QED) is 0.885. The van der Waals surface area contributed by atoms with E-state index in [0.717, 1.165) is 11.3 Å². The average molecular weight is 295 g/mol. The van der Waals surface area contributed by atoms with Crippen LogP contribution in [0.25, 0.3) is 11.3 Å². The fourth-order valence-corrected chi connectivity index (χ4v) is 1.43. The number of alkyl halides is 1. The van der Waals surface area contributed by atoms with E-state index < -0.39 is 0 Å². The van der Waals surface area contributed by atoms with Gasteiger partial charge in [0.25, 0.3) is 0 Å². The van der Waals surface area contributed by atoms with E-state index in [2.05, 4.69) is 26.2 Å². The van der Waals surface area contributed by atoms with Gasteiger partial charge >= 0.3 is 0 Å². The van der Waals surface area contributed by atoms with Crippen molar-refractivity contribution >= 4 is 27.5 Å². The molecule has 1 heterocycles. The molecule has 0 saturated heterocycles. The molecule has 2 aromatic rings. The second-order valence-electron chi connectivity index (χ2n) is 3.55. The lowest BCUT2D eigenvalue weighted by atomic mass is 10.1. The third kappa shape index (κ3) is 2.94. The molecule has 0 spiro atoms. The smallest absolute Gasteiger partial charge is 0.237 e. The Labute approximate surface area is 107 Å². The Morgan fingerprint density at radius 1 is 1.41 bits per heavy atom. The number of hydrogen-bond acceptors (Lipinski definition) is 3. The number of nitrogens with one attached hydrogen (secondary N) is 1. The van der Waals surface area contributed by atoms with Crippen LogP contribution >= 0.6 is 15.9 Å². The summed E-state index contributed by atoms with van der Waals surface area (Å²) < 4.78 is 5.17. The largest absolute Gasteiger partial charge is 0.444 e. The van der Waals surface area contributed by atoms with Crippen molar-refractivity contribution in [2.75, 3.05) is 5.32 Å². The Kier molecular flexibility index (Phi) is 3.58. The molecule has 0 fully saturated rings. The maximum absolute atomic E-state index is 11.4. The predicted octanol–water partition coefficient (Wildman–Crippen LogP) is 3.06. The maximum Gasteiger partial charge on any atom is 0.237 e. The van der Waals surface area contributed by atoms with Crippen LogP contribution in [0.5, 0.6) is 0 Å². The monoisotopic (exact) mass is 294 g/mol. The number of anilines is 1. The van der Waals surface area contributed by atoms with Gasteiger partial charge in [0.05, 0.1) is 11.0 Å². The summed E-state index contributed by atoms with van der Waals surface area (Å²) in [5.41, 5.74) is 1.68. The molecule has 1 unspecified atom stereocenters. The highest BCUT2D eigenvalue weighted by Crippen LogP contribution is 2.20. The van der Waals surface area contributed by atoms with Crippen molar-refractivity contribution in [3.05, 3.63) is 36.9 Å². The summed E-state index contributed by atoms with van der Waals surface area (Å²) >= 11 is 3.21. The summed E-state index contributed by atoms with van der Waals surface area (Å²) in [7, 11) is 0. The second-order valence-corrected chi connectivity index (χ2v) is 4.92. The third-order valence-corrected chi connectivity index (χ3v) is 2.65. The number of nitrogens with zero attached hydrogens (tertiary/aromatic N) is 1. The van der Waals surface area contributed by atoms with Gasteiger partial charge < -0.3 is 9.73 Å². The highest BCUT2D eigenvalue weighted by atomic mass is 79.9. The molecule has 88 valence electrons. The summed E-state index contributed by atoms with van der Waals surface area (Å²) in [4.78, 5) is 15.1. The third-order valence-electron chi connectivity index (χ3n) is 2.23. The number of oxazole rings is 1. The minimum absolute atomic E-state index is 0.0718. The number of rotatable bonds is 3. The first-order chi connectivity index (χ1) is 8.16. The number of carbonyl (C=O) groups is 1. The zero-order chi connectivity index (χ0) is 12.3. The first kappa shape index (κ1) is 11.9. The number of amides is 1. The minimum atomic E-state index is -0.212. The second kappa shape index (κ2) is 5.14. The molecule has 0 aliphatic heterocycles. The molecule has 0 bridgehead atoms. The van der Waals surface area contributed by atoms with Gasteiger partial charge in [-0.05, 0) is 31.2 Å². The van der Waals surface area contributed by atoms with E-state index in [0.29, 0.717) is 5.76 Å². The molecule has 1 atom stereocenters. The maximum atomic E-state index is 11.4. The fraction of sp³-hybridized carbons (Fsp3) is 0.167. The van der Waals surface area contributed by atoms with Crippen molar-refractivity contribution in [2.45, 2.75) is 11.8 Å². The van der Waals surface area contributed by atoms with E-state index in [4.69, 9.17) is 4.42 Å². The van der Waals surface area contributed by atoms with Crippen molar-refractivity contribution in [1.29, 1.82) is 0 Å². The van der Waals surface area contributed by atoms with Gasteiger partial charge in [-0.15, -0.1) is 0 Å². The number of aromatic nitrogens is 1. The first-order valence-electron chi connectivity index (χ1n) is 5.10. The van der Waals surface area contributed by atoms with Gasteiger partial charge in [0.15, 0.2) is 12.2 Å². The number of benzene rings is 1. The molecule has 0 saturated carbocycles. The highest BCUT2D eigenvalue weighted by Gasteiger charge is 2.08. The van der Waals surface area contributed by atoms with Crippen molar-refractivity contribution in [1.82, 2.24) is 4.98 Å². The SMILES string of the molecule is CC(Br)C(=O)Nc1ccc(-c2cnco2)cc1. The molecule has 0 aliphatic carbocycles. The Morgan fingerprint density at radius 2 is 2.12 bits per heavy atom. The fourth-order valence-electron chi connectivity index (χ4n) is 1.32. The Balaban J connectivity index is 2.11. The standard InChI is InChI=1S/C12H11BrN2O2/c1-8(13)12(16)15-10-4-2-9(3-5-10)11-6-14-7-17-11/h2-8H,1H3,(H,15,16). The Hall–Kier alpha value is -1.62. The zero-order valence-corrected chi connectivity index (χ0v) is 10.8. The number of hydrogen-bond donors (Lipinski definition) is 1. The van der Waals surface area contributed by atoms with Crippen molar-refractivity contribution in [3.8, 4) is 11.3 Å². The molecule has 1 aromatic carbocycles. The molecule has 1 amide bonds. The summed E-state index contributed by atoms with van der Waals surface area (Å²) in [6.07, 6.45) is 3.03. The molecule has 2 rings (SSSR count). The summed E-state index contributed by atoms with van der Waals surface area (Å²) in [6.45, 7) is 1.78. The molecule has 5 heteroatoms. The van der Waals surface area contributed by atoms with Gasteiger partial charge in [0.1, 0.15) is 0 Å². The summed E-state index contributed by atoms with van der Waals surface area (Å²) in [6, 6.07) is 7.39. The van der Waals surface area contributed by atoms with Crippen LogP contribution < -0.4 is 5.32 Å². The lowest BCUT2D eigenvalue weighted by Gasteiger charge is -2.06. The van der Waals surface area contributed by atoms with Crippen LogP contribution in [0.15, 0.2) is 41.3 Å². The number of halogens is 1. The van der Waals surface area contributed by atoms with Gasteiger partial charge in [-0.25, -0.2) is 4.98 Å². The molecule has 17 heavy (non-hydrogen) atoms. The minimum Gasteiger partial charge on any atom is -0.444 e. The molecular formula is C12H11BrN2O2. The van der Waals surface area contributed by atoms with E-state index in [1.54, 1.807) is 13.1 Å². The lowest BCUT2D eigenvalue weighted by molar-refractivity contribution is -0.115. The molecule has 4 nitrogen and oxygen atoms in total. The molecular weight excluding hydrogens is 284 g/mol. The molecule has 1 N–H and O–H groups in total. The van der Waals surface area contributed by atoms with E-state index in [-0.39, 0.29) is 10.7 Å². The van der Waals surface area contributed by atoms with E-state index in [1.807, 2.05) is 24.3 Å². The van der Waals surface area contributed by atoms with Crippen LogP contribution in [0.4, 0.5) is 5.69 Å². The highest BCUT2D eigenvalue weighted by molar-refractivity contribution is 9.10. The van der Waals surface area contributed by atoms with Crippen molar-refractivity contribution in [2.24, 2.45) is 0 Å². The molecule has 0 aliphatic rings. The first-order valence-corrected chi connectivity index (χ1v) is 6.02. The average Bonchev–Trinajstić information content (AvgIpc) is 2.83. The van der Waals surface area contributed by atoms with E-state index in [9.17, 15) is 4.79 Å². The summed E-state index contributed by atoms with van der Waals surface area (Å²) in [5, 5.41) is 2.78. The van der Waals surface area contributed by atoms with Gasteiger partial charge in [-0.1, -0.05) is 15.9 Å². The van der Waals surface area contributed by atoms with Crippen LogP contribution in [0.1, 0.15) is 6.92 Å². The molecule has 1 aromatic heterocycles. The van der Waals surface area contributed by atoms with Crippen LogP contribution in [0, 0.1) is 0 Å². The van der Waals surface area contributed by atoms with Crippen LogP contribution in [-0.2, 0) is 4.79 Å². The van der Waals surface area contributed by atoms with Crippen molar-refractivity contribution < 1.29 is 9.21 Å². The van der Waals surface area contributed by atoms with Crippen LogP contribution in [0.3, 0.4) is 0 Å². The van der Waals surface area contributed by atoms with E-state index >= 15 is 0 Å². The lowest BCUT2D eigenvalue weighted by Crippen LogP contribution is -2.19. The Morgan fingerprint density at radius 3 is 2.65 bits per heavy atom. The zero-order valence-electron chi connectivity index (χ0n) is 9.18.